The maximum absolute atomic E-state index is 5.85. The van der Waals surface area contributed by atoms with Crippen LogP contribution in [0.2, 0.25) is 0 Å². The van der Waals surface area contributed by atoms with Crippen LogP contribution in [0.5, 0.6) is 23.5 Å². The number of rotatable bonds is 10. The summed E-state index contributed by atoms with van der Waals surface area (Å²) in [5.74, 6) is 2.50. The third kappa shape index (κ3) is 14.1. The maximum Gasteiger partial charge on any atom is 0.233 e. The number of piperidine rings is 3. The van der Waals surface area contributed by atoms with Gasteiger partial charge in [-0.1, -0.05) is 6.07 Å². The summed E-state index contributed by atoms with van der Waals surface area (Å²) in [4.78, 5) is 11.6. The van der Waals surface area contributed by atoms with Gasteiger partial charge in [-0.3, -0.25) is 0 Å². The van der Waals surface area contributed by atoms with Crippen molar-refractivity contribution in [2.24, 2.45) is 0 Å². The van der Waals surface area contributed by atoms with Gasteiger partial charge in [0.25, 0.3) is 0 Å². The van der Waals surface area contributed by atoms with Gasteiger partial charge in [0.15, 0.2) is 0 Å². The van der Waals surface area contributed by atoms with E-state index in [-0.39, 0.29) is 6.10 Å². The van der Waals surface area contributed by atoms with E-state index in [0.29, 0.717) is 48.0 Å². The molecule has 51 heavy (non-hydrogen) atoms. The predicted molar refractivity (Wildman–Crippen MR) is 201 cm³/mol. The van der Waals surface area contributed by atoms with Gasteiger partial charge in [-0.2, -0.15) is 5.10 Å². The van der Waals surface area contributed by atoms with E-state index >= 15 is 0 Å². The second-order valence-electron chi connectivity index (χ2n) is 14.4. The van der Waals surface area contributed by atoms with Crippen molar-refractivity contribution in [3.63, 3.8) is 0 Å². The number of hydrogen-bond donors (Lipinski definition) is 0. The number of methoxy groups -OCH3 is 1. The first kappa shape index (κ1) is 40.2. The molecule has 0 aromatic carbocycles. The first-order chi connectivity index (χ1) is 24.6. The van der Waals surface area contributed by atoms with E-state index in [4.69, 9.17) is 18.9 Å². The number of nitrogens with zero attached hydrogens (tertiary/aromatic N) is 8. The second-order valence-corrected chi connectivity index (χ2v) is 14.4. The van der Waals surface area contributed by atoms with Crippen molar-refractivity contribution in [3.05, 3.63) is 54.4 Å². The fraction of sp³-hybridized carbons (Fsp3) is 0.667. The monoisotopic (exact) mass is 706 g/mol. The lowest BCUT2D eigenvalue weighted by Crippen LogP contribution is -2.41. The zero-order valence-electron chi connectivity index (χ0n) is 32.3. The van der Waals surface area contributed by atoms with E-state index in [9.17, 15) is 0 Å². The number of aromatic nitrogens is 5. The van der Waals surface area contributed by atoms with Crippen LogP contribution in [-0.2, 0) is 0 Å². The summed E-state index contributed by atoms with van der Waals surface area (Å²) in [7, 11) is 1.58. The highest BCUT2D eigenvalue weighted by Gasteiger charge is 2.24. The molecule has 0 radical (unpaired) electrons. The minimum Gasteiger partial charge on any atom is -0.480 e. The minimum atomic E-state index is 0.252. The molecule has 3 aromatic rings. The van der Waals surface area contributed by atoms with Gasteiger partial charge in [-0.15, -0.1) is 15.3 Å². The Labute approximate surface area is 306 Å². The molecule has 6 heterocycles. The third-order valence-electron chi connectivity index (χ3n) is 9.72. The van der Waals surface area contributed by atoms with E-state index in [1.54, 1.807) is 25.4 Å². The fourth-order valence-corrected chi connectivity index (χ4v) is 6.39. The van der Waals surface area contributed by atoms with Gasteiger partial charge in [0.2, 0.25) is 23.5 Å². The molecule has 3 fully saturated rings. The molecule has 3 aliphatic heterocycles. The van der Waals surface area contributed by atoms with Crippen LogP contribution in [0.25, 0.3) is 0 Å². The average molecular weight is 707 g/mol. The van der Waals surface area contributed by atoms with Crippen molar-refractivity contribution < 1.29 is 18.9 Å². The molecule has 0 unspecified atom stereocenters. The predicted octanol–water partition coefficient (Wildman–Crippen LogP) is 6.11. The second kappa shape index (κ2) is 21.0. The Morgan fingerprint density at radius 1 is 0.510 bits per heavy atom. The lowest BCUT2D eigenvalue weighted by molar-refractivity contribution is 0.0802. The van der Waals surface area contributed by atoms with Crippen LogP contribution < -0.4 is 18.9 Å². The molecule has 0 amide bonds. The van der Waals surface area contributed by atoms with Gasteiger partial charge >= 0.3 is 0 Å². The molecule has 12 nitrogen and oxygen atoms in total. The summed E-state index contributed by atoms with van der Waals surface area (Å²) < 4.78 is 22.5. The van der Waals surface area contributed by atoms with Gasteiger partial charge < -0.3 is 33.6 Å². The van der Waals surface area contributed by atoms with Crippen LogP contribution in [0.1, 0.15) is 85.8 Å². The normalized spacial score (nSPS) is 18.5. The quantitative estimate of drug-likeness (QED) is 0.243. The Hall–Kier alpha value is -3.61. The van der Waals surface area contributed by atoms with Crippen LogP contribution in [0.4, 0.5) is 0 Å². The smallest absolute Gasteiger partial charge is 0.233 e. The number of likely N-dealkylation sites (tertiary alicyclic amines) is 3. The van der Waals surface area contributed by atoms with Crippen LogP contribution in [0.15, 0.2) is 48.7 Å². The summed E-state index contributed by atoms with van der Waals surface area (Å²) in [5.41, 5.74) is 0.923. The molecule has 0 bridgehead atoms. The zero-order valence-corrected chi connectivity index (χ0v) is 32.3. The maximum atomic E-state index is 5.85. The van der Waals surface area contributed by atoms with Gasteiger partial charge in [0.05, 0.1) is 12.8 Å². The number of hydrogen-bond acceptors (Lipinski definition) is 12. The fourth-order valence-electron chi connectivity index (χ4n) is 6.39. The first-order valence-corrected chi connectivity index (χ1v) is 18.9. The lowest BCUT2D eigenvalue weighted by atomic mass is 10.1. The van der Waals surface area contributed by atoms with E-state index in [1.165, 1.54) is 0 Å². The highest BCUT2D eigenvalue weighted by Crippen LogP contribution is 2.21. The summed E-state index contributed by atoms with van der Waals surface area (Å²) >= 11 is 0. The average Bonchev–Trinajstić information content (AvgIpc) is 3.14. The number of ether oxygens (including phenoxy) is 4. The molecule has 282 valence electrons. The van der Waals surface area contributed by atoms with Gasteiger partial charge in [0, 0.05) is 87.9 Å². The molecule has 12 heteroatoms. The Kier molecular flexibility index (Phi) is 16.6. The largest absolute Gasteiger partial charge is 0.480 e. The van der Waals surface area contributed by atoms with Crippen molar-refractivity contribution in [2.75, 3.05) is 46.4 Å². The molecule has 0 aliphatic carbocycles. The van der Waals surface area contributed by atoms with Gasteiger partial charge in [0.1, 0.15) is 18.3 Å². The lowest BCUT2D eigenvalue weighted by Gasteiger charge is -2.34. The Balaban J connectivity index is 0.000000172. The topological polar surface area (TPSA) is 111 Å². The van der Waals surface area contributed by atoms with Crippen LogP contribution in [0, 0.1) is 6.92 Å². The SMILES string of the molecule is CC(C)N1CCC(Oc2ccccn2)CC1.COc1ccc(OC2CCN(C(C)C)CC2)nn1.Cc1ccc(OC2CCN(C(C)C)CC2)nn1. The Morgan fingerprint density at radius 2 is 0.902 bits per heavy atom. The molecule has 3 saturated heterocycles. The molecule has 0 N–H and O–H groups in total. The highest BCUT2D eigenvalue weighted by atomic mass is 16.5. The molecule has 3 aromatic heterocycles. The van der Waals surface area contributed by atoms with Crippen molar-refractivity contribution in [2.45, 2.75) is 123 Å². The molecule has 3 aliphatic rings. The summed E-state index contributed by atoms with van der Waals surface area (Å²) in [6, 6.07) is 15.1. The Bertz CT molecular complexity index is 1340. The summed E-state index contributed by atoms with van der Waals surface area (Å²) in [6.07, 6.45) is 9.12. The first-order valence-electron chi connectivity index (χ1n) is 18.9. The molecule has 0 saturated carbocycles. The molecular weight excluding hydrogens is 644 g/mol. The van der Waals surface area contributed by atoms with E-state index in [1.807, 2.05) is 37.3 Å². The van der Waals surface area contributed by atoms with Gasteiger partial charge in [-0.05, 0) is 99.1 Å². The van der Waals surface area contributed by atoms with Crippen molar-refractivity contribution in [1.82, 2.24) is 40.1 Å². The van der Waals surface area contributed by atoms with Crippen LogP contribution in [0.3, 0.4) is 0 Å². The minimum absolute atomic E-state index is 0.252. The van der Waals surface area contributed by atoms with Crippen molar-refractivity contribution in [3.8, 4) is 23.5 Å². The number of aryl methyl sites for hydroxylation is 1. The number of pyridine rings is 1. The molecule has 6 rings (SSSR count). The molecule has 0 atom stereocenters. The molecule has 0 spiro atoms. The van der Waals surface area contributed by atoms with Crippen molar-refractivity contribution >= 4 is 0 Å². The highest BCUT2D eigenvalue weighted by molar-refractivity contribution is 5.15. The summed E-state index contributed by atoms with van der Waals surface area (Å²) in [6.45, 7) is 22.1. The third-order valence-corrected chi connectivity index (χ3v) is 9.72. The van der Waals surface area contributed by atoms with Crippen LogP contribution >= 0.6 is 0 Å². The van der Waals surface area contributed by atoms with Crippen LogP contribution in [-0.4, -0.2) is 123 Å². The Morgan fingerprint density at radius 3 is 1.24 bits per heavy atom. The standard InChI is InChI=1S/C13H21N3O2.C13H21N3O.C13H20N2O/c1-10(2)16-8-6-11(7-9-16)18-13-5-4-12(17-3)14-15-13;1-10(2)16-8-6-12(7-9-16)17-13-5-4-11(3)14-15-13;1-11(2)15-9-6-12(7-10-15)16-13-5-3-4-8-14-13/h4-5,10-11H,6-9H2,1-3H3;4-5,10,12H,6-9H2,1-3H3;3-5,8,11-12H,6-7,9-10H2,1-2H3. The van der Waals surface area contributed by atoms with Crippen molar-refractivity contribution in [1.29, 1.82) is 0 Å². The van der Waals surface area contributed by atoms with E-state index < -0.39 is 0 Å². The zero-order chi connectivity index (χ0) is 36.6. The molecular formula is C39H62N8O4. The van der Waals surface area contributed by atoms with E-state index in [0.717, 1.165) is 89.4 Å². The van der Waals surface area contributed by atoms with E-state index in [2.05, 4.69) is 81.6 Å². The van der Waals surface area contributed by atoms with Gasteiger partial charge in [-0.25, -0.2) is 4.98 Å². The summed E-state index contributed by atoms with van der Waals surface area (Å²) in [5, 5.41) is 15.9.